The van der Waals surface area contributed by atoms with Gasteiger partial charge in [0.15, 0.2) is 0 Å². The van der Waals surface area contributed by atoms with Crippen LogP contribution >= 0.6 is 0 Å². The quantitative estimate of drug-likeness (QED) is 0.780. The molecule has 18 heavy (non-hydrogen) atoms. The molecule has 2 N–H and O–H groups in total. The lowest BCUT2D eigenvalue weighted by molar-refractivity contribution is -0.142. The minimum Gasteiger partial charge on any atom is -0.497 e. The first-order chi connectivity index (χ1) is 8.58. The van der Waals surface area contributed by atoms with Gasteiger partial charge < -0.3 is 15.2 Å². The van der Waals surface area contributed by atoms with Gasteiger partial charge in [0.05, 0.1) is 13.0 Å². The van der Waals surface area contributed by atoms with Crippen molar-refractivity contribution in [2.75, 3.05) is 7.11 Å². The summed E-state index contributed by atoms with van der Waals surface area (Å²) < 4.78 is 5.08. The van der Waals surface area contributed by atoms with Crippen LogP contribution in [0.1, 0.15) is 25.8 Å². The maximum absolute atomic E-state index is 11.0. The third-order valence-electron chi connectivity index (χ3n) is 3.15. The van der Waals surface area contributed by atoms with Crippen LogP contribution in [-0.2, 0) is 11.3 Å². The van der Waals surface area contributed by atoms with Gasteiger partial charge in [-0.05, 0) is 31.0 Å². The fourth-order valence-corrected chi connectivity index (χ4v) is 1.91. The Bertz CT molecular complexity index is 375. The molecule has 2 unspecified atom stereocenters. The molecule has 2 atom stereocenters. The van der Waals surface area contributed by atoms with E-state index in [4.69, 9.17) is 9.84 Å². The van der Waals surface area contributed by atoms with Crippen LogP contribution in [-0.4, -0.2) is 24.2 Å². The van der Waals surface area contributed by atoms with Crippen molar-refractivity contribution in [1.29, 1.82) is 0 Å². The number of rotatable bonds is 7. The molecule has 0 spiro atoms. The van der Waals surface area contributed by atoms with Gasteiger partial charge in [0, 0.05) is 12.6 Å². The number of hydrogen-bond acceptors (Lipinski definition) is 3. The van der Waals surface area contributed by atoms with Gasteiger partial charge >= 0.3 is 5.97 Å². The molecule has 0 saturated carbocycles. The lowest BCUT2D eigenvalue weighted by atomic mass is 9.98. The lowest BCUT2D eigenvalue weighted by Crippen LogP contribution is -2.37. The van der Waals surface area contributed by atoms with Crippen molar-refractivity contribution in [1.82, 2.24) is 5.32 Å². The van der Waals surface area contributed by atoms with Crippen LogP contribution in [0.5, 0.6) is 5.75 Å². The van der Waals surface area contributed by atoms with Crippen molar-refractivity contribution >= 4 is 5.97 Å². The first-order valence-corrected chi connectivity index (χ1v) is 6.17. The molecule has 0 aliphatic heterocycles. The normalized spacial score (nSPS) is 13.9. The van der Waals surface area contributed by atoms with Crippen molar-refractivity contribution < 1.29 is 14.6 Å². The van der Waals surface area contributed by atoms with Gasteiger partial charge in [-0.3, -0.25) is 4.79 Å². The van der Waals surface area contributed by atoms with E-state index in [1.807, 2.05) is 38.1 Å². The molecular weight excluding hydrogens is 230 g/mol. The first kappa shape index (κ1) is 14.5. The summed E-state index contributed by atoms with van der Waals surface area (Å²) in [6.45, 7) is 4.46. The van der Waals surface area contributed by atoms with Crippen molar-refractivity contribution in [3.05, 3.63) is 29.8 Å². The van der Waals surface area contributed by atoms with Gasteiger partial charge in [-0.1, -0.05) is 19.1 Å². The van der Waals surface area contributed by atoms with E-state index in [2.05, 4.69) is 5.32 Å². The molecule has 4 heteroatoms. The highest BCUT2D eigenvalue weighted by Gasteiger charge is 2.21. The van der Waals surface area contributed by atoms with E-state index in [0.29, 0.717) is 13.0 Å². The van der Waals surface area contributed by atoms with Crippen LogP contribution in [0.15, 0.2) is 24.3 Å². The molecule has 0 saturated heterocycles. The monoisotopic (exact) mass is 251 g/mol. The lowest BCUT2D eigenvalue weighted by Gasteiger charge is -2.20. The number of carbonyl (C=O) groups is 1. The number of hydrogen-bond donors (Lipinski definition) is 2. The molecule has 1 aromatic rings. The van der Waals surface area contributed by atoms with Gasteiger partial charge in [-0.2, -0.15) is 0 Å². The second-order valence-electron chi connectivity index (χ2n) is 4.37. The Kier molecular flexibility index (Phi) is 5.65. The van der Waals surface area contributed by atoms with Crippen LogP contribution in [0.2, 0.25) is 0 Å². The summed E-state index contributed by atoms with van der Waals surface area (Å²) in [5.74, 6) is -0.265. The molecule has 0 heterocycles. The Labute approximate surface area is 108 Å². The number of carboxylic acid groups (broad SMARTS) is 1. The Morgan fingerprint density at radius 2 is 2.00 bits per heavy atom. The first-order valence-electron chi connectivity index (χ1n) is 6.17. The second-order valence-corrected chi connectivity index (χ2v) is 4.37. The largest absolute Gasteiger partial charge is 0.497 e. The summed E-state index contributed by atoms with van der Waals surface area (Å²) in [5, 5.41) is 12.3. The fourth-order valence-electron chi connectivity index (χ4n) is 1.91. The van der Waals surface area contributed by atoms with Gasteiger partial charge in [-0.25, -0.2) is 0 Å². The van der Waals surface area contributed by atoms with E-state index in [1.54, 1.807) is 7.11 Å². The van der Waals surface area contributed by atoms with E-state index < -0.39 is 5.97 Å². The smallest absolute Gasteiger partial charge is 0.308 e. The standard InChI is InChI=1S/C14H21NO3/c1-4-13(14(16)17)10(2)15-9-11-5-7-12(18-3)8-6-11/h5-8,10,13,15H,4,9H2,1-3H3,(H,16,17). The zero-order chi connectivity index (χ0) is 13.5. The van der Waals surface area contributed by atoms with Crippen molar-refractivity contribution in [3.8, 4) is 5.75 Å². The van der Waals surface area contributed by atoms with Crippen LogP contribution in [0.4, 0.5) is 0 Å². The molecule has 4 nitrogen and oxygen atoms in total. The maximum Gasteiger partial charge on any atom is 0.308 e. The number of aliphatic carboxylic acids is 1. The van der Waals surface area contributed by atoms with Crippen LogP contribution < -0.4 is 10.1 Å². The molecular formula is C14H21NO3. The Morgan fingerprint density at radius 3 is 2.44 bits per heavy atom. The summed E-state index contributed by atoms with van der Waals surface area (Å²) in [6, 6.07) is 7.70. The molecule has 0 fully saturated rings. The number of ether oxygens (including phenoxy) is 1. The highest BCUT2D eigenvalue weighted by molar-refractivity contribution is 5.70. The highest BCUT2D eigenvalue weighted by atomic mass is 16.5. The summed E-state index contributed by atoms with van der Waals surface area (Å²) in [7, 11) is 1.63. The zero-order valence-electron chi connectivity index (χ0n) is 11.1. The van der Waals surface area contributed by atoms with E-state index in [-0.39, 0.29) is 12.0 Å². The Balaban J connectivity index is 2.50. The third kappa shape index (κ3) is 4.04. The second kappa shape index (κ2) is 7.01. The van der Waals surface area contributed by atoms with E-state index in [1.165, 1.54) is 0 Å². The van der Waals surface area contributed by atoms with E-state index in [0.717, 1.165) is 11.3 Å². The van der Waals surface area contributed by atoms with Crippen molar-refractivity contribution in [3.63, 3.8) is 0 Å². The van der Waals surface area contributed by atoms with Gasteiger partial charge in [0.25, 0.3) is 0 Å². The molecule has 0 radical (unpaired) electrons. The summed E-state index contributed by atoms with van der Waals surface area (Å²) in [5.41, 5.74) is 1.11. The predicted octanol–water partition coefficient (Wildman–Crippen LogP) is 2.28. The van der Waals surface area contributed by atoms with Crippen molar-refractivity contribution in [2.45, 2.75) is 32.9 Å². The number of benzene rings is 1. The molecule has 0 aromatic heterocycles. The van der Waals surface area contributed by atoms with Crippen LogP contribution in [0.3, 0.4) is 0 Å². The van der Waals surface area contributed by atoms with Gasteiger partial charge in [0.2, 0.25) is 0 Å². The van der Waals surface area contributed by atoms with E-state index in [9.17, 15) is 4.79 Å². The van der Waals surface area contributed by atoms with E-state index >= 15 is 0 Å². The maximum atomic E-state index is 11.0. The molecule has 1 aromatic carbocycles. The summed E-state index contributed by atoms with van der Waals surface area (Å²) >= 11 is 0. The molecule has 100 valence electrons. The predicted molar refractivity (Wildman–Crippen MR) is 70.7 cm³/mol. The Hall–Kier alpha value is -1.55. The van der Waals surface area contributed by atoms with Gasteiger partial charge in [0.1, 0.15) is 5.75 Å². The molecule has 0 bridgehead atoms. The van der Waals surface area contributed by atoms with Crippen LogP contribution in [0, 0.1) is 5.92 Å². The van der Waals surface area contributed by atoms with Crippen molar-refractivity contribution in [2.24, 2.45) is 5.92 Å². The SMILES string of the molecule is CCC(C(=O)O)C(C)NCc1ccc(OC)cc1. The molecule has 1 rings (SSSR count). The minimum atomic E-state index is -0.743. The van der Waals surface area contributed by atoms with Crippen LogP contribution in [0.25, 0.3) is 0 Å². The van der Waals surface area contributed by atoms with Gasteiger partial charge in [-0.15, -0.1) is 0 Å². The third-order valence-corrected chi connectivity index (χ3v) is 3.15. The molecule has 0 amide bonds. The summed E-state index contributed by atoms with van der Waals surface area (Å²) in [4.78, 5) is 11.0. The summed E-state index contributed by atoms with van der Waals surface area (Å²) in [6.07, 6.45) is 0.631. The molecule has 0 aliphatic rings. The average molecular weight is 251 g/mol. The number of carboxylic acids is 1. The minimum absolute atomic E-state index is 0.0467. The Morgan fingerprint density at radius 1 is 1.39 bits per heavy atom. The zero-order valence-corrected chi connectivity index (χ0v) is 11.1. The molecule has 0 aliphatic carbocycles. The highest BCUT2D eigenvalue weighted by Crippen LogP contribution is 2.13. The fraction of sp³-hybridized carbons (Fsp3) is 0.500. The number of methoxy groups -OCH3 is 1. The average Bonchev–Trinajstić information content (AvgIpc) is 2.37. The topological polar surface area (TPSA) is 58.6 Å². The number of nitrogens with one attached hydrogen (secondary N) is 1.